The lowest BCUT2D eigenvalue weighted by Gasteiger charge is -2.22. The third kappa shape index (κ3) is 3.76. The summed E-state index contributed by atoms with van der Waals surface area (Å²) in [5, 5.41) is 3.62. The Morgan fingerprint density at radius 3 is 2.64 bits per heavy atom. The lowest BCUT2D eigenvalue weighted by atomic mass is 9.95. The average molecular weight is 157 g/mol. The Bertz CT molecular complexity index is 89.8. The molecule has 0 atom stereocenters. The van der Waals surface area contributed by atoms with E-state index in [0.29, 0.717) is 0 Å². The maximum atomic E-state index is 3.62. The van der Waals surface area contributed by atoms with Crippen molar-refractivity contribution < 1.29 is 1.43 Å². The van der Waals surface area contributed by atoms with E-state index < -0.39 is 0 Å². The van der Waals surface area contributed by atoms with Crippen molar-refractivity contribution in [1.82, 2.24) is 5.32 Å². The first-order valence-corrected chi connectivity index (χ1v) is 5.17. The van der Waals surface area contributed by atoms with Crippen LogP contribution in [0.3, 0.4) is 0 Å². The van der Waals surface area contributed by atoms with E-state index in [1.165, 1.54) is 51.5 Å². The maximum absolute atomic E-state index is 3.62. The van der Waals surface area contributed by atoms with Crippen molar-refractivity contribution in [3.05, 3.63) is 0 Å². The molecule has 0 radical (unpaired) electrons. The van der Waals surface area contributed by atoms with Crippen LogP contribution in [-0.4, -0.2) is 12.6 Å². The molecule has 0 unspecified atom stereocenters. The highest BCUT2D eigenvalue weighted by Gasteiger charge is 2.11. The smallest absolute Gasteiger partial charge is 0.00670 e. The van der Waals surface area contributed by atoms with E-state index in [2.05, 4.69) is 12.2 Å². The summed E-state index contributed by atoms with van der Waals surface area (Å²) in [5.74, 6) is 0. The summed E-state index contributed by atoms with van der Waals surface area (Å²) >= 11 is 0. The molecule has 0 aromatic rings. The zero-order valence-corrected chi connectivity index (χ0v) is 7.73. The second-order valence-corrected chi connectivity index (χ2v) is 3.64. The highest BCUT2D eigenvalue weighted by atomic mass is 14.9. The monoisotopic (exact) mass is 157 g/mol. The van der Waals surface area contributed by atoms with Crippen LogP contribution < -0.4 is 5.32 Å². The van der Waals surface area contributed by atoms with Crippen molar-refractivity contribution in [3.63, 3.8) is 0 Å². The van der Waals surface area contributed by atoms with E-state index in [9.17, 15) is 0 Å². The van der Waals surface area contributed by atoms with Crippen molar-refractivity contribution in [2.45, 2.75) is 57.9 Å². The van der Waals surface area contributed by atoms with Crippen LogP contribution in [-0.2, 0) is 0 Å². The van der Waals surface area contributed by atoms with Crippen LogP contribution in [0.15, 0.2) is 0 Å². The van der Waals surface area contributed by atoms with Gasteiger partial charge in [0.05, 0.1) is 0 Å². The molecule has 1 rings (SSSR count). The van der Waals surface area contributed by atoms with Gasteiger partial charge in [-0.05, 0) is 25.8 Å². The number of rotatable bonds is 4. The van der Waals surface area contributed by atoms with Gasteiger partial charge < -0.3 is 5.32 Å². The predicted molar refractivity (Wildman–Crippen MR) is 51.9 cm³/mol. The summed E-state index contributed by atoms with van der Waals surface area (Å²) in [7, 11) is 0. The number of nitrogens with one attached hydrogen (secondary N) is 1. The number of unbranched alkanes of at least 4 members (excludes halogenated alkanes) is 1. The maximum Gasteiger partial charge on any atom is 0.00670 e. The van der Waals surface area contributed by atoms with E-state index in [0.717, 1.165) is 6.04 Å². The van der Waals surface area contributed by atoms with E-state index in [1.54, 1.807) is 0 Å². The summed E-state index contributed by atoms with van der Waals surface area (Å²) in [4.78, 5) is 0. The lowest BCUT2D eigenvalue weighted by molar-refractivity contribution is 0.372. The Balaban J connectivity index is 0.00000121. The van der Waals surface area contributed by atoms with Crippen molar-refractivity contribution in [3.8, 4) is 0 Å². The molecule has 0 aromatic carbocycles. The van der Waals surface area contributed by atoms with E-state index >= 15 is 0 Å². The quantitative estimate of drug-likeness (QED) is 0.619. The van der Waals surface area contributed by atoms with Crippen LogP contribution in [0.4, 0.5) is 0 Å². The molecule has 0 amide bonds. The first-order valence-electron chi connectivity index (χ1n) is 5.17. The van der Waals surface area contributed by atoms with Crippen LogP contribution in [0.25, 0.3) is 0 Å². The molecular formula is C10H23N. The fourth-order valence-corrected chi connectivity index (χ4v) is 1.79. The van der Waals surface area contributed by atoms with E-state index in [-0.39, 0.29) is 1.43 Å². The highest BCUT2D eigenvalue weighted by molar-refractivity contribution is 4.71. The van der Waals surface area contributed by atoms with E-state index in [1.807, 2.05) is 0 Å². The van der Waals surface area contributed by atoms with Gasteiger partial charge in [0.1, 0.15) is 0 Å². The molecule has 1 aliphatic carbocycles. The summed E-state index contributed by atoms with van der Waals surface area (Å²) in [6.45, 7) is 3.49. The second-order valence-electron chi connectivity index (χ2n) is 3.64. The summed E-state index contributed by atoms with van der Waals surface area (Å²) in [6.07, 6.45) is 9.86. The van der Waals surface area contributed by atoms with Gasteiger partial charge in [0.25, 0.3) is 0 Å². The number of hydrogen-bond donors (Lipinski definition) is 1. The first kappa shape index (κ1) is 9.05. The van der Waals surface area contributed by atoms with Gasteiger partial charge >= 0.3 is 0 Å². The van der Waals surface area contributed by atoms with Crippen molar-refractivity contribution in [1.29, 1.82) is 0 Å². The van der Waals surface area contributed by atoms with Gasteiger partial charge in [0, 0.05) is 7.47 Å². The predicted octanol–water partition coefficient (Wildman–Crippen LogP) is 2.95. The standard InChI is InChI=1S/C10H21N.H2/c1-2-3-9-11-10-7-5-4-6-8-10;/h10-11H,2-9H2,1H3;1H. The molecule has 1 N–H and O–H groups in total. The molecule has 1 nitrogen and oxygen atoms in total. The zero-order chi connectivity index (χ0) is 7.94. The fourth-order valence-electron chi connectivity index (χ4n) is 1.79. The van der Waals surface area contributed by atoms with E-state index in [4.69, 9.17) is 0 Å². The number of hydrogen-bond acceptors (Lipinski definition) is 1. The van der Waals surface area contributed by atoms with Crippen LogP contribution in [0.2, 0.25) is 0 Å². The molecule has 11 heavy (non-hydrogen) atoms. The summed E-state index contributed by atoms with van der Waals surface area (Å²) < 4.78 is 0. The molecule has 0 bridgehead atoms. The third-order valence-corrected chi connectivity index (χ3v) is 2.57. The molecule has 68 valence electrons. The van der Waals surface area contributed by atoms with Gasteiger partial charge in [-0.1, -0.05) is 32.6 Å². The first-order chi connectivity index (χ1) is 5.43. The van der Waals surface area contributed by atoms with Crippen molar-refractivity contribution >= 4 is 0 Å². The minimum Gasteiger partial charge on any atom is -0.314 e. The Kier molecular flexibility index (Phi) is 4.60. The van der Waals surface area contributed by atoms with Crippen LogP contribution in [0.1, 0.15) is 53.3 Å². The second kappa shape index (κ2) is 5.59. The van der Waals surface area contributed by atoms with Crippen molar-refractivity contribution in [2.24, 2.45) is 0 Å². The molecule has 1 heteroatoms. The molecule has 0 aliphatic heterocycles. The molecule has 1 aliphatic rings. The Labute approximate surface area is 72.1 Å². The summed E-state index contributed by atoms with van der Waals surface area (Å²) in [5.41, 5.74) is 0. The zero-order valence-electron chi connectivity index (χ0n) is 7.73. The van der Waals surface area contributed by atoms with Crippen LogP contribution >= 0.6 is 0 Å². The molecule has 0 saturated heterocycles. The fraction of sp³-hybridized carbons (Fsp3) is 1.00. The third-order valence-electron chi connectivity index (χ3n) is 2.57. The Morgan fingerprint density at radius 2 is 2.00 bits per heavy atom. The van der Waals surface area contributed by atoms with Crippen LogP contribution in [0, 0.1) is 0 Å². The molecular weight excluding hydrogens is 134 g/mol. The van der Waals surface area contributed by atoms with Gasteiger partial charge in [-0.3, -0.25) is 0 Å². The minimum absolute atomic E-state index is 0. The molecule has 0 aromatic heterocycles. The molecule has 0 spiro atoms. The van der Waals surface area contributed by atoms with Gasteiger partial charge in [0.15, 0.2) is 0 Å². The van der Waals surface area contributed by atoms with Gasteiger partial charge in [-0.2, -0.15) is 0 Å². The Morgan fingerprint density at radius 1 is 1.27 bits per heavy atom. The van der Waals surface area contributed by atoms with Crippen LogP contribution in [0.5, 0.6) is 0 Å². The molecule has 1 fully saturated rings. The minimum atomic E-state index is 0. The Hall–Kier alpha value is -0.0400. The molecule has 0 heterocycles. The largest absolute Gasteiger partial charge is 0.314 e. The summed E-state index contributed by atoms with van der Waals surface area (Å²) in [6, 6.07) is 0.857. The normalized spacial score (nSPS) is 20.5. The van der Waals surface area contributed by atoms with Crippen molar-refractivity contribution in [2.75, 3.05) is 6.54 Å². The average Bonchev–Trinajstić information content (AvgIpc) is 2.07. The van der Waals surface area contributed by atoms with Gasteiger partial charge in [0.2, 0.25) is 0 Å². The van der Waals surface area contributed by atoms with Gasteiger partial charge in [-0.25, -0.2) is 0 Å². The lowest BCUT2D eigenvalue weighted by Crippen LogP contribution is -2.31. The highest BCUT2D eigenvalue weighted by Crippen LogP contribution is 2.17. The topological polar surface area (TPSA) is 12.0 Å². The van der Waals surface area contributed by atoms with Gasteiger partial charge in [-0.15, -0.1) is 0 Å². The SMILES string of the molecule is CCCCNC1CCCCC1.[HH]. The molecule has 1 saturated carbocycles.